The smallest absolute Gasteiger partial charge is 0.236 e. The third-order valence-electron chi connectivity index (χ3n) is 5.34. The maximum absolute atomic E-state index is 11.9. The molecule has 0 unspecified atom stereocenters. The summed E-state index contributed by atoms with van der Waals surface area (Å²) in [6.07, 6.45) is 6.80. The first-order valence-electron chi connectivity index (χ1n) is 10.8. The first-order valence-corrected chi connectivity index (χ1v) is 10.8. The van der Waals surface area contributed by atoms with Crippen LogP contribution in [0.1, 0.15) is 6.42 Å². The Balaban J connectivity index is 1.91. The van der Waals surface area contributed by atoms with Crippen LogP contribution in [0.25, 0.3) is 33.7 Å². The molecule has 0 atom stereocenters. The van der Waals surface area contributed by atoms with Gasteiger partial charge >= 0.3 is 0 Å². The van der Waals surface area contributed by atoms with Crippen molar-refractivity contribution >= 4 is 34.1 Å². The van der Waals surface area contributed by atoms with Gasteiger partial charge in [-0.25, -0.2) is 15.0 Å². The Morgan fingerprint density at radius 2 is 1.50 bits per heavy atom. The van der Waals surface area contributed by atoms with Crippen molar-refractivity contribution in [1.29, 1.82) is 0 Å². The van der Waals surface area contributed by atoms with Gasteiger partial charge in [0.05, 0.1) is 29.7 Å². The van der Waals surface area contributed by atoms with Gasteiger partial charge in [-0.2, -0.15) is 0 Å². The van der Waals surface area contributed by atoms with E-state index in [1.165, 1.54) is 0 Å². The van der Waals surface area contributed by atoms with Crippen molar-refractivity contribution in [3.63, 3.8) is 0 Å². The highest BCUT2D eigenvalue weighted by Crippen LogP contribution is 2.34. The van der Waals surface area contributed by atoms with Crippen LogP contribution in [0.15, 0.2) is 60.8 Å². The second kappa shape index (κ2) is 9.59. The summed E-state index contributed by atoms with van der Waals surface area (Å²) in [5.41, 5.74) is 7.07. The molecule has 4 aromatic rings. The highest BCUT2D eigenvalue weighted by atomic mass is 16.1. The zero-order valence-corrected chi connectivity index (χ0v) is 19.7. The van der Waals surface area contributed by atoms with Gasteiger partial charge in [0.2, 0.25) is 5.91 Å². The van der Waals surface area contributed by atoms with E-state index in [-0.39, 0.29) is 12.3 Å². The zero-order valence-electron chi connectivity index (χ0n) is 19.7. The first-order chi connectivity index (χ1) is 16.4. The Morgan fingerprint density at radius 3 is 2.06 bits per heavy atom. The van der Waals surface area contributed by atoms with E-state index in [4.69, 9.17) is 16.4 Å². The summed E-state index contributed by atoms with van der Waals surface area (Å²) < 4.78 is 0. The van der Waals surface area contributed by atoms with Crippen LogP contribution in [0.2, 0.25) is 0 Å². The van der Waals surface area contributed by atoms with Gasteiger partial charge in [-0.3, -0.25) is 4.79 Å². The van der Waals surface area contributed by atoms with E-state index in [2.05, 4.69) is 28.4 Å². The zero-order chi connectivity index (χ0) is 24.2. The highest BCUT2D eigenvalue weighted by molar-refractivity contribution is 5.94. The van der Waals surface area contributed by atoms with Crippen LogP contribution in [0.4, 0.5) is 17.1 Å². The number of aromatic nitrogens is 3. The molecule has 7 nitrogen and oxygen atoms in total. The van der Waals surface area contributed by atoms with E-state index in [9.17, 15) is 4.79 Å². The molecule has 1 N–H and O–H groups in total. The standard InChI is InChI=1S/C27H26N6O/c1-6-9-24(34)29-20-16-23-27(28-17-20)31-26(19-11-8-13-22(15-19)33(4)5)25(30-23)18-10-7-12-21(14-18)32(2)3/h1,7-8,10-17H,9H2,2-5H3,(H,29,34). The molecule has 2 aromatic carbocycles. The molecule has 2 aromatic heterocycles. The third kappa shape index (κ3) is 4.81. The van der Waals surface area contributed by atoms with Gasteiger partial charge in [0.1, 0.15) is 5.52 Å². The van der Waals surface area contributed by atoms with Crippen molar-refractivity contribution in [3.8, 4) is 34.9 Å². The monoisotopic (exact) mass is 450 g/mol. The number of carbonyl (C=O) groups is 1. The lowest BCUT2D eigenvalue weighted by Gasteiger charge is -2.17. The van der Waals surface area contributed by atoms with Crippen LogP contribution in [0.5, 0.6) is 0 Å². The Kier molecular flexibility index (Phi) is 6.42. The Hall–Kier alpha value is -4.44. The van der Waals surface area contributed by atoms with Gasteiger partial charge in [-0.15, -0.1) is 6.42 Å². The Morgan fingerprint density at radius 1 is 0.912 bits per heavy atom. The fourth-order valence-electron chi connectivity index (χ4n) is 3.58. The maximum Gasteiger partial charge on any atom is 0.236 e. The molecule has 0 bridgehead atoms. The lowest BCUT2D eigenvalue weighted by molar-refractivity contribution is -0.115. The van der Waals surface area contributed by atoms with Gasteiger partial charge in [0.25, 0.3) is 0 Å². The number of amides is 1. The maximum atomic E-state index is 11.9. The van der Waals surface area contributed by atoms with Gasteiger partial charge in [0, 0.05) is 50.7 Å². The largest absolute Gasteiger partial charge is 0.378 e. The van der Waals surface area contributed by atoms with E-state index >= 15 is 0 Å². The summed E-state index contributed by atoms with van der Waals surface area (Å²) in [5.74, 6) is 2.07. The summed E-state index contributed by atoms with van der Waals surface area (Å²) in [4.78, 5) is 30.4. The SMILES string of the molecule is C#CCC(=O)Nc1cnc2nc(-c3cccc(N(C)C)c3)c(-c3cccc(N(C)C)c3)nc2c1. The third-order valence-corrected chi connectivity index (χ3v) is 5.34. The number of rotatable bonds is 6. The molecule has 0 fully saturated rings. The first kappa shape index (κ1) is 22.7. The van der Waals surface area contributed by atoms with E-state index in [0.717, 1.165) is 33.9 Å². The van der Waals surface area contributed by atoms with Crippen molar-refractivity contribution in [2.24, 2.45) is 0 Å². The summed E-state index contributed by atoms with van der Waals surface area (Å²) in [5, 5.41) is 2.76. The average molecular weight is 451 g/mol. The van der Waals surface area contributed by atoms with Crippen molar-refractivity contribution in [3.05, 3.63) is 60.8 Å². The van der Waals surface area contributed by atoms with Gasteiger partial charge in [0.15, 0.2) is 5.65 Å². The fourth-order valence-corrected chi connectivity index (χ4v) is 3.58. The predicted molar refractivity (Wildman–Crippen MR) is 139 cm³/mol. The van der Waals surface area contributed by atoms with E-state index in [0.29, 0.717) is 16.9 Å². The average Bonchev–Trinajstić information content (AvgIpc) is 2.83. The summed E-state index contributed by atoms with van der Waals surface area (Å²) >= 11 is 0. The van der Waals surface area contributed by atoms with Gasteiger partial charge in [-0.1, -0.05) is 30.2 Å². The van der Waals surface area contributed by atoms with E-state index in [1.54, 1.807) is 12.3 Å². The van der Waals surface area contributed by atoms with Crippen molar-refractivity contribution < 1.29 is 4.79 Å². The molecule has 7 heteroatoms. The quantitative estimate of drug-likeness (QED) is 0.438. The molecular formula is C27H26N6O. The molecule has 34 heavy (non-hydrogen) atoms. The van der Waals surface area contributed by atoms with Crippen molar-refractivity contribution in [2.45, 2.75) is 6.42 Å². The van der Waals surface area contributed by atoms with Crippen LogP contribution in [0.3, 0.4) is 0 Å². The normalized spacial score (nSPS) is 10.6. The predicted octanol–water partition coefficient (Wildman–Crippen LogP) is 4.45. The molecule has 0 spiro atoms. The number of pyridine rings is 1. The number of hydrogen-bond donors (Lipinski definition) is 1. The number of nitrogens with zero attached hydrogens (tertiary/aromatic N) is 5. The number of carbonyl (C=O) groups excluding carboxylic acids is 1. The summed E-state index contributed by atoms with van der Waals surface area (Å²) in [7, 11) is 8.01. The van der Waals surface area contributed by atoms with Gasteiger partial charge < -0.3 is 15.1 Å². The van der Waals surface area contributed by atoms with Crippen LogP contribution >= 0.6 is 0 Å². The van der Waals surface area contributed by atoms with E-state index in [1.807, 2.05) is 74.4 Å². The molecule has 0 radical (unpaired) electrons. The second-order valence-electron chi connectivity index (χ2n) is 8.31. The minimum Gasteiger partial charge on any atom is -0.378 e. The number of terminal acetylenes is 1. The minimum atomic E-state index is -0.271. The fraction of sp³-hybridized carbons (Fsp3) is 0.185. The number of fused-ring (bicyclic) bond motifs is 1. The Labute approximate surface area is 199 Å². The topological polar surface area (TPSA) is 74.2 Å². The number of nitrogens with one attached hydrogen (secondary N) is 1. The molecule has 0 saturated heterocycles. The highest BCUT2D eigenvalue weighted by Gasteiger charge is 2.16. The molecule has 170 valence electrons. The summed E-state index contributed by atoms with van der Waals surface area (Å²) in [6.45, 7) is 0. The molecule has 1 amide bonds. The Bertz CT molecular complexity index is 1400. The molecule has 0 aliphatic rings. The molecule has 0 saturated carbocycles. The summed E-state index contributed by atoms with van der Waals surface area (Å²) in [6, 6.07) is 18.1. The van der Waals surface area contributed by atoms with Gasteiger partial charge in [-0.05, 0) is 30.3 Å². The molecule has 0 aliphatic heterocycles. The number of hydrogen-bond acceptors (Lipinski definition) is 6. The number of benzene rings is 2. The lowest BCUT2D eigenvalue weighted by Crippen LogP contribution is -2.10. The van der Waals surface area contributed by atoms with Crippen LogP contribution in [-0.2, 0) is 4.79 Å². The molecular weight excluding hydrogens is 424 g/mol. The molecule has 4 rings (SSSR count). The molecule has 0 aliphatic carbocycles. The second-order valence-corrected chi connectivity index (χ2v) is 8.31. The van der Waals surface area contributed by atoms with Crippen LogP contribution in [-0.4, -0.2) is 49.0 Å². The molecule has 2 heterocycles. The minimum absolute atomic E-state index is 0.00650. The van der Waals surface area contributed by atoms with Crippen LogP contribution < -0.4 is 15.1 Å². The van der Waals surface area contributed by atoms with Crippen molar-refractivity contribution in [2.75, 3.05) is 43.3 Å². The van der Waals surface area contributed by atoms with E-state index < -0.39 is 0 Å². The lowest BCUT2D eigenvalue weighted by atomic mass is 10.0. The van der Waals surface area contributed by atoms with Crippen molar-refractivity contribution in [1.82, 2.24) is 15.0 Å². The van der Waals surface area contributed by atoms with Crippen LogP contribution in [0, 0.1) is 12.3 Å². The number of anilines is 3.